The van der Waals surface area contributed by atoms with Crippen LogP contribution in [-0.4, -0.2) is 66.5 Å². The average Bonchev–Trinajstić information content (AvgIpc) is 3.26. The third kappa shape index (κ3) is 5.44. The molecule has 1 N–H and O–H groups in total. The molecule has 4 rings (SSSR count). The number of rotatable bonds is 7. The molecular weight excluding hydrogens is 459 g/mol. The third-order valence-corrected chi connectivity index (χ3v) is 5.15. The number of aromatic nitrogens is 6. The minimum absolute atomic E-state index is 0.0951. The Bertz CT molecular complexity index is 1180. The highest BCUT2D eigenvalue weighted by molar-refractivity contribution is 6.00. The topological polar surface area (TPSA) is 136 Å². The number of piperidine rings is 1. The molecular formula is C20H18F3N7O4. The van der Waals surface area contributed by atoms with Gasteiger partial charge in [-0.05, 0) is 30.2 Å². The number of aliphatic carboxylic acids is 1. The van der Waals surface area contributed by atoms with Crippen molar-refractivity contribution in [2.24, 2.45) is 5.92 Å². The van der Waals surface area contributed by atoms with Gasteiger partial charge in [-0.2, -0.15) is 4.80 Å². The second kappa shape index (κ2) is 9.41. The Hall–Kier alpha value is -4.10. The Morgan fingerprint density at radius 1 is 1.12 bits per heavy atom. The van der Waals surface area contributed by atoms with Crippen LogP contribution >= 0.6 is 0 Å². The van der Waals surface area contributed by atoms with Crippen LogP contribution in [0.4, 0.5) is 19.1 Å². The molecule has 11 nitrogen and oxygen atoms in total. The molecule has 0 amide bonds. The number of nitrogens with zero attached hydrogens (tertiary/aromatic N) is 7. The lowest BCUT2D eigenvalue weighted by atomic mass is 9.88. The Kier molecular flexibility index (Phi) is 6.38. The number of benzene rings is 1. The molecule has 1 aliphatic rings. The minimum atomic E-state index is -4.89. The smallest absolute Gasteiger partial charge is 0.480 e. The van der Waals surface area contributed by atoms with Gasteiger partial charge in [-0.3, -0.25) is 9.59 Å². The van der Waals surface area contributed by atoms with Gasteiger partial charge in [0.15, 0.2) is 12.3 Å². The molecule has 14 heteroatoms. The number of carbonyl (C=O) groups is 2. The van der Waals surface area contributed by atoms with Crippen LogP contribution in [0.15, 0.2) is 36.7 Å². The second-order valence-electron chi connectivity index (χ2n) is 7.48. The van der Waals surface area contributed by atoms with E-state index in [1.54, 1.807) is 0 Å². The predicted octanol–water partition coefficient (Wildman–Crippen LogP) is 2.21. The number of tetrazole rings is 1. The van der Waals surface area contributed by atoms with Gasteiger partial charge in [0, 0.05) is 31.4 Å². The summed E-state index contributed by atoms with van der Waals surface area (Å²) in [5.74, 6) is -1.87. The van der Waals surface area contributed by atoms with E-state index in [2.05, 4.69) is 30.1 Å². The van der Waals surface area contributed by atoms with E-state index in [9.17, 15) is 22.8 Å². The van der Waals surface area contributed by atoms with Crippen LogP contribution in [0.3, 0.4) is 0 Å². The van der Waals surface area contributed by atoms with Crippen molar-refractivity contribution >= 4 is 17.7 Å². The highest BCUT2D eigenvalue weighted by atomic mass is 19.4. The van der Waals surface area contributed by atoms with Crippen LogP contribution < -0.4 is 9.64 Å². The number of carboxylic acid groups (broad SMARTS) is 1. The number of carboxylic acids is 1. The molecule has 2 aromatic heterocycles. The molecule has 34 heavy (non-hydrogen) atoms. The second-order valence-corrected chi connectivity index (χ2v) is 7.48. The molecule has 0 unspecified atom stereocenters. The highest BCUT2D eigenvalue weighted by Crippen LogP contribution is 2.31. The van der Waals surface area contributed by atoms with E-state index < -0.39 is 36.3 Å². The zero-order valence-electron chi connectivity index (χ0n) is 17.5. The first kappa shape index (κ1) is 23.1. The number of ketones is 1. The van der Waals surface area contributed by atoms with Gasteiger partial charge in [-0.15, -0.1) is 23.4 Å². The number of para-hydroxylation sites is 1. The van der Waals surface area contributed by atoms with E-state index in [4.69, 9.17) is 5.11 Å². The number of anilines is 1. The van der Waals surface area contributed by atoms with Crippen molar-refractivity contribution in [2.75, 3.05) is 18.0 Å². The average molecular weight is 477 g/mol. The van der Waals surface area contributed by atoms with E-state index in [1.165, 1.54) is 30.6 Å². The number of hydrogen-bond donors (Lipinski definition) is 1. The first-order valence-corrected chi connectivity index (χ1v) is 10.2. The maximum atomic E-state index is 12.9. The van der Waals surface area contributed by atoms with Crippen LogP contribution in [0.2, 0.25) is 0 Å². The SMILES string of the molecule is O=C(O)Cn1nnc(-c2cnc(N3CCC(C(=O)c4ccccc4OC(F)(F)F)CC3)nc2)n1. The van der Waals surface area contributed by atoms with Crippen LogP contribution in [0, 0.1) is 5.92 Å². The summed E-state index contributed by atoms with van der Waals surface area (Å²) in [6.45, 7) is 0.447. The summed E-state index contributed by atoms with van der Waals surface area (Å²) in [6, 6.07) is 5.33. The first-order chi connectivity index (χ1) is 16.2. The lowest BCUT2D eigenvalue weighted by Crippen LogP contribution is -2.37. The fourth-order valence-electron chi connectivity index (χ4n) is 3.59. The number of ether oxygens (including phenoxy) is 1. The number of halogens is 3. The lowest BCUT2D eigenvalue weighted by molar-refractivity contribution is -0.274. The summed E-state index contributed by atoms with van der Waals surface area (Å²) in [5.41, 5.74) is 0.356. The molecule has 0 saturated carbocycles. The molecule has 3 heterocycles. The maximum Gasteiger partial charge on any atom is 0.573 e. The summed E-state index contributed by atoms with van der Waals surface area (Å²) in [6.07, 6.45) is -1.10. The van der Waals surface area contributed by atoms with Gasteiger partial charge in [-0.25, -0.2) is 9.97 Å². The monoisotopic (exact) mass is 477 g/mol. The van der Waals surface area contributed by atoms with Crippen molar-refractivity contribution in [1.82, 2.24) is 30.2 Å². The zero-order chi connectivity index (χ0) is 24.3. The maximum absolute atomic E-state index is 12.9. The summed E-state index contributed by atoms with van der Waals surface area (Å²) in [4.78, 5) is 34.9. The summed E-state index contributed by atoms with van der Waals surface area (Å²) >= 11 is 0. The van der Waals surface area contributed by atoms with Gasteiger partial charge in [-0.1, -0.05) is 12.1 Å². The largest absolute Gasteiger partial charge is 0.573 e. The number of hydrogen-bond acceptors (Lipinski definition) is 9. The molecule has 3 aromatic rings. The van der Waals surface area contributed by atoms with Gasteiger partial charge >= 0.3 is 12.3 Å². The van der Waals surface area contributed by atoms with Gasteiger partial charge in [0.05, 0.1) is 11.1 Å². The van der Waals surface area contributed by atoms with Gasteiger partial charge in [0.1, 0.15) is 5.75 Å². The van der Waals surface area contributed by atoms with Crippen molar-refractivity contribution in [3.8, 4) is 17.1 Å². The first-order valence-electron chi connectivity index (χ1n) is 10.2. The summed E-state index contributed by atoms with van der Waals surface area (Å²) < 4.78 is 42.0. The van der Waals surface area contributed by atoms with Crippen LogP contribution in [0.1, 0.15) is 23.2 Å². The third-order valence-electron chi connectivity index (χ3n) is 5.15. The van der Waals surface area contributed by atoms with E-state index in [-0.39, 0.29) is 11.4 Å². The van der Waals surface area contributed by atoms with Crippen molar-refractivity contribution in [3.63, 3.8) is 0 Å². The molecule has 1 aliphatic heterocycles. The molecule has 0 radical (unpaired) electrons. The highest BCUT2D eigenvalue weighted by Gasteiger charge is 2.34. The predicted molar refractivity (Wildman–Crippen MR) is 109 cm³/mol. The molecule has 178 valence electrons. The minimum Gasteiger partial charge on any atom is -0.480 e. The van der Waals surface area contributed by atoms with E-state index in [0.29, 0.717) is 37.4 Å². The van der Waals surface area contributed by atoms with Crippen molar-refractivity contribution in [2.45, 2.75) is 25.7 Å². The van der Waals surface area contributed by atoms with Crippen LogP contribution in [-0.2, 0) is 11.3 Å². The Labute approximate surface area is 190 Å². The molecule has 0 atom stereocenters. The Morgan fingerprint density at radius 2 is 1.79 bits per heavy atom. The fourth-order valence-corrected chi connectivity index (χ4v) is 3.59. The molecule has 0 aliphatic carbocycles. The van der Waals surface area contributed by atoms with Gasteiger partial charge in [0.25, 0.3) is 0 Å². The van der Waals surface area contributed by atoms with Gasteiger partial charge in [0.2, 0.25) is 11.8 Å². The molecule has 1 aromatic carbocycles. The molecule has 1 fully saturated rings. The van der Waals surface area contributed by atoms with Gasteiger partial charge < -0.3 is 14.7 Å². The van der Waals surface area contributed by atoms with Crippen molar-refractivity contribution < 1.29 is 32.6 Å². The standard InChI is InChI=1S/C20H18F3N7O4/c21-20(22,23)34-15-4-2-1-3-14(15)17(33)12-5-7-29(8-6-12)19-24-9-13(10-25-19)18-26-28-30(27-18)11-16(31)32/h1-4,9-10,12H,5-8,11H2,(H,31,32). The van der Waals surface area contributed by atoms with E-state index >= 15 is 0 Å². The summed E-state index contributed by atoms with van der Waals surface area (Å²) in [7, 11) is 0. The number of Topliss-reactive ketones (excluding diaryl/α,β-unsaturated/α-hetero) is 1. The zero-order valence-corrected chi connectivity index (χ0v) is 17.5. The fraction of sp³-hybridized carbons (Fsp3) is 0.350. The molecule has 1 saturated heterocycles. The Balaban J connectivity index is 1.38. The van der Waals surface area contributed by atoms with Crippen molar-refractivity contribution in [3.05, 3.63) is 42.2 Å². The van der Waals surface area contributed by atoms with Crippen molar-refractivity contribution in [1.29, 1.82) is 0 Å². The lowest BCUT2D eigenvalue weighted by Gasteiger charge is -2.31. The molecule has 0 bridgehead atoms. The van der Waals surface area contributed by atoms with Crippen LogP contribution in [0.5, 0.6) is 5.75 Å². The summed E-state index contributed by atoms with van der Waals surface area (Å²) in [5, 5.41) is 20.1. The van der Waals surface area contributed by atoms with Crippen LogP contribution in [0.25, 0.3) is 11.4 Å². The number of carbonyl (C=O) groups excluding carboxylic acids is 1. The van der Waals surface area contributed by atoms with E-state index in [0.717, 1.165) is 10.9 Å². The quantitative estimate of drug-likeness (QED) is 0.504. The normalized spacial score (nSPS) is 14.7. The number of alkyl halides is 3. The van der Waals surface area contributed by atoms with E-state index in [1.807, 2.05) is 4.90 Å². The Morgan fingerprint density at radius 3 is 2.44 bits per heavy atom. The molecule has 0 spiro atoms.